The minimum atomic E-state index is -0.189. The zero-order valence-electron chi connectivity index (χ0n) is 11.2. The van der Waals surface area contributed by atoms with E-state index in [1.54, 1.807) is 0 Å². The Kier molecular flexibility index (Phi) is 4.94. The number of rotatable bonds is 5. The number of nitrogens with two attached hydrogens (primary N) is 1. The van der Waals surface area contributed by atoms with Gasteiger partial charge >= 0.3 is 0 Å². The molecule has 3 heteroatoms. The molecule has 96 valence electrons. The Hall–Kier alpha value is -1.09. The number of anilines is 1. The van der Waals surface area contributed by atoms with Gasteiger partial charge < -0.3 is 10.6 Å². The van der Waals surface area contributed by atoms with Crippen molar-refractivity contribution in [3.8, 4) is 0 Å². The first-order valence-electron chi connectivity index (χ1n) is 6.17. The first kappa shape index (κ1) is 14.0. The Morgan fingerprint density at radius 2 is 1.94 bits per heavy atom. The van der Waals surface area contributed by atoms with Crippen LogP contribution in [-0.4, -0.2) is 13.1 Å². The fraction of sp³-hybridized carbons (Fsp3) is 0.571. The van der Waals surface area contributed by atoms with Crippen molar-refractivity contribution in [1.29, 1.82) is 0 Å². The maximum atomic E-state index is 13.9. The SMILES string of the molecule is CC(C)CC(C)N(C)c1ccc(CN)cc1F. The molecule has 1 aromatic carbocycles. The lowest BCUT2D eigenvalue weighted by Crippen LogP contribution is -2.30. The molecule has 1 atom stereocenters. The summed E-state index contributed by atoms with van der Waals surface area (Å²) >= 11 is 0. The van der Waals surface area contributed by atoms with Gasteiger partial charge in [-0.1, -0.05) is 19.9 Å². The summed E-state index contributed by atoms with van der Waals surface area (Å²) in [5, 5.41) is 0. The molecule has 0 spiro atoms. The molecule has 0 bridgehead atoms. The Morgan fingerprint density at radius 3 is 2.41 bits per heavy atom. The predicted octanol–water partition coefficient (Wildman–Crippen LogP) is 3.16. The van der Waals surface area contributed by atoms with Crippen LogP contribution >= 0.6 is 0 Å². The molecule has 1 aromatic rings. The molecule has 17 heavy (non-hydrogen) atoms. The molecule has 0 aliphatic rings. The maximum absolute atomic E-state index is 13.9. The average molecular weight is 238 g/mol. The van der Waals surface area contributed by atoms with Crippen molar-refractivity contribution in [3.05, 3.63) is 29.6 Å². The first-order valence-corrected chi connectivity index (χ1v) is 6.17. The number of hydrogen-bond donors (Lipinski definition) is 1. The van der Waals surface area contributed by atoms with Crippen LogP contribution in [0.15, 0.2) is 18.2 Å². The zero-order chi connectivity index (χ0) is 13.0. The standard InChI is InChI=1S/C14H23FN2/c1-10(2)7-11(3)17(4)14-6-5-12(9-16)8-13(14)15/h5-6,8,10-11H,7,9,16H2,1-4H3. The van der Waals surface area contributed by atoms with E-state index < -0.39 is 0 Å². The highest BCUT2D eigenvalue weighted by Gasteiger charge is 2.15. The van der Waals surface area contributed by atoms with Crippen molar-refractivity contribution >= 4 is 5.69 Å². The lowest BCUT2D eigenvalue weighted by atomic mass is 10.0. The van der Waals surface area contributed by atoms with E-state index in [0.717, 1.165) is 12.0 Å². The second kappa shape index (κ2) is 6.01. The molecule has 1 rings (SSSR count). The fourth-order valence-corrected chi connectivity index (χ4v) is 2.04. The molecule has 0 amide bonds. The molecule has 2 nitrogen and oxygen atoms in total. The normalized spacial score (nSPS) is 12.9. The lowest BCUT2D eigenvalue weighted by molar-refractivity contribution is 0.498. The van der Waals surface area contributed by atoms with E-state index in [-0.39, 0.29) is 5.82 Å². The van der Waals surface area contributed by atoms with E-state index in [2.05, 4.69) is 20.8 Å². The highest BCUT2D eigenvalue weighted by molar-refractivity contribution is 5.49. The van der Waals surface area contributed by atoms with Gasteiger partial charge in [0.05, 0.1) is 5.69 Å². The minimum absolute atomic E-state index is 0.189. The van der Waals surface area contributed by atoms with Gasteiger partial charge in [0.25, 0.3) is 0 Å². The van der Waals surface area contributed by atoms with E-state index in [4.69, 9.17) is 5.73 Å². The summed E-state index contributed by atoms with van der Waals surface area (Å²) in [5.41, 5.74) is 6.97. The van der Waals surface area contributed by atoms with Crippen LogP contribution in [0.25, 0.3) is 0 Å². The van der Waals surface area contributed by atoms with Gasteiger partial charge in [-0.2, -0.15) is 0 Å². The Morgan fingerprint density at radius 1 is 1.29 bits per heavy atom. The van der Waals surface area contributed by atoms with Gasteiger partial charge in [-0.05, 0) is 37.0 Å². The Labute approximate surface area is 104 Å². The summed E-state index contributed by atoms with van der Waals surface area (Å²) in [5.74, 6) is 0.421. The van der Waals surface area contributed by atoms with Gasteiger partial charge in [-0.3, -0.25) is 0 Å². The van der Waals surface area contributed by atoms with Gasteiger partial charge in [0.1, 0.15) is 5.82 Å². The third-order valence-electron chi connectivity index (χ3n) is 3.10. The van der Waals surface area contributed by atoms with Crippen molar-refractivity contribution in [2.45, 2.75) is 39.8 Å². The van der Waals surface area contributed by atoms with E-state index in [1.165, 1.54) is 6.07 Å². The average Bonchev–Trinajstić information content (AvgIpc) is 2.27. The summed E-state index contributed by atoms with van der Waals surface area (Å²) < 4.78 is 13.9. The minimum Gasteiger partial charge on any atom is -0.370 e. The summed E-state index contributed by atoms with van der Waals surface area (Å²) in [6.07, 6.45) is 1.05. The van der Waals surface area contributed by atoms with Crippen molar-refractivity contribution < 1.29 is 4.39 Å². The van der Waals surface area contributed by atoms with E-state index in [9.17, 15) is 4.39 Å². The summed E-state index contributed by atoms with van der Waals surface area (Å²) in [6, 6.07) is 5.55. The summed E-state index contributed by atoms with van der Waals surface area (Å²) in [7, 11) is 1.94. The second-order valence-electron chi connectivity index (χ2n) is 5.08. The van der Waals surface area contributed by atoms with Crippen LogP contribution < -0.4 is 10.6 Å². The van der Waals surface area contributed by atoms with Gasteiger partial charge in [-0.15, -0.1) is 0 Å². The Balaban J connectivity index is 2.84. The Bertz CT molecular complexity index is 363. The van der Waals surface area contributed by atoms with Crippen LogP contribution in [0, 0.1) is 11.7 Å². The molecule has 0 fully saturated rings. The van der Waals surface area contributed by atoms with E-state index >= 15 is 0 Å². The molecule has 0 saturated carbocycles. The zero-order valence-corrected chi connectivity index (χ0v) is 11.2. The molecule has 1 unspecified atom stereocenters. The van der Waals surface area contributed by atoms with Crippen LogP contribution in [0.3, 0.4) is 0 Å². The second-order valence-corrected chi connectivity index (χ2v) is 5.08. The van der Waals surface area contributed by atoms with E-state index in [0.29, 0.717) is 24.2 Å². The third-order valence-corrected chi connectivity index (χ3v) is 3.10. The quantitative estimate of drug-likeness (QED) is 0.853. The summed E-state index contributed by atoms with van der Waals surface area (Å²) in [4.78, 5) is 2.00. The largest absolute Gasteiger partial charge is 0.370 e. The number of nitrogens with zero attached hydrogens (tertiary/aromatic N) is 1. The molecule has 0 aromatic heterocycles. The topological polar surface area (TPSA) is 29.3 Å². The molecule has 0 heterocycles. The van der Waals surface area contributed by atoms with Gasteiger partial charge in [0.15, 0.2) is 0 Å². The molecule has 0 radical (unpaired) electrons. The van der Waals surface area contributed by atoms with Gasteiger partial charge in [0, 0.05) is 19.6 Å². The van der Waals surface area contributed by atoms with Crippen LogP contribution in [-0.2, 0) is 6.54 Å². The molecule has 0 aliphatic carbocycles. The number of hydrogen-bond acceptors (Lipinski definition) is 2. The van der Waals surface area contributed by atoms with Crippen molar-refractivity contribution in [2.75, 3.05) is 11.9 Å². The third kappa shape index (κ3) is 3.70. The van der Waals surface area contributed by atoms with Gasteiger partial charge in [-0.25, -0.2) is 4.39 Å². The number of benzene rings is 1. The van der Waals surface area contributed by atoms with Crippen LogP contribution in [0.2, 0.25) is 0 Å². The fourth-order valence-electron chi connectivity index (χ4n) is 2.04. The van der Waals surface area contributed by atoms with Crippen molar-refractivity contribution in [3.63, 3.8) is 0 Å². The molecular formula is C14H23FN2. The van der Waals surface area contributed by atoms with E-state index in [1.807, 2.05) is 24.1 Å². The smallest absolute Gasteiger partial charge is 0.146 e. The summed E-state index contributed by atoms with van der Waals surface area (Å²) in [6.45, 7) is 6.86. The highest BCUT2D eigenvalue weighted by Crippen LogP contribution is 2.23. The maximum Gasteiger partial charge on any atom is 0.146 e. The molecule has 0 saturated heterocycles. The van der Waals surface area contributed by atoms with Crippen molar-refractivity contribution in [2.24, 2.45) is 11.7 Å². The first-order chi connectivity index (χ1) is 7.95. The van der Waals surface area contributed by atoms with Crippen molar-refractivity contribution in [1.82, 2.24) is 0 Å². The highest BCUT2D eigenvalue weighted by atomic mass is 19.1. The van der Waals surface area contributed by atoms with Crippen LogP contribution in [0.5, 0.6) is 0 Å². The molecule has 2 N–H and O–H groups in total. The molecule has 0 aliphatic heterocycles. The monoisotopic (exact) mass is 238 g/mol. The van der Waals surface area contributed by atoms with Crippen LogP contribution in [0.1, 0.15) is 32.8 Å². The van der Waals surface area contributed by atoms with Gasteiger partial charge in [0.2, 0.25) is 0 Å². The predicted molar refractivity (Wildman–Crippen MR) is 71.6 cm³/mol. The molecular weight excluding hydrogens is 215 g/mol. The lowest BCUT2D eigenvalue weighted by Gasteiger charge is -2.28. The van der Waals surface area contributed by atoms with Crippen LogP contribution in [0.4, 0.5) is 10.1 Å². The number of halogens is 1.